The standard InChI is InChI=1S/C10H16N6/c1-14(2)6-7-15(3)9-4-5-12-16-8-11-13-10(9)16/h4-5,8H,6-7H2,1-3H3. The predicted octanol–water partition coefficient (Wildman–Crippen LogP) is 0.122. The maximum absolute atomic E-state index is 4.13. The highest BCUT2D eigenvalue weighted by molar-refractivity contribution is 5.66. The molecule has 0 fully saturated rings. The highest BCUT2D eigenvalue weighted by atomic mass is 15.4. The van der Waals surface area contributed by atoms with E-state index in [1.807, 2.05) is 13.1 Å². The number of likely N-dealkylation sites (N-methyl/N-ethyl adjacent to an activating group) is 2. The maximum atomic E-state index is 4.13. The summed E-state index contributed by atoms with van der Waals surface area (Å²) >= 11 is 0. The van der Waals surface area contributed by atoms with Crippen LogP contribution in [0.5, 0.6) is 0 Å². The van der Waals surface area contributed by atoms with Crippen molar-refractivity contribution < 1.29 is 0 Å². The molecule has 0 spiro atoms. The first-order valence-electron chi connectivity index (χ1n) is 5.19. The van der Waals surface area contributed by atoms with E-state index in [0.717, 1.165) is 24.4 Å². The molecule has 0 unspecified atom stereocenters. The number of anilines is 1. The highest BCUT2D eigenvalue weighted by Gasteiger charge is 2.08. The number of aromatic nitrogens is 4. The molecule has 0 aliphatic carbocycles. The van der Waals surface area contributed by atoms with E-state index in [9.17, 15) is 0 Å². The van der Waals surface area contributed by atoms with Crippen molar-refractivity contribution in [3.8, 4) is 0 Å². The third-order valence-electron chi connectivity index (χ3n) is 2.48. The number of hydrogen-bond donors (Lipinski definition) is 0. The first kappa shape index (κ1) is 10.8. The second kappa shape index (κ2) is 4.44. The molecule has 0 bridgehead atoms. The Morgan fingerprint density at radius 2 is 2.06 bits per heavy atom. The molecule has 0 radical (unpaired) electrons. The van der Waals surface area contributed by atoms with Crippen LogP contribution in [0, 0.1) is 0 Å². The molecule has 16 heavy (non-hydrogen) atoms. The summed E-state index contributed by atoms with van der Waals surface area (Å²) in [5.41, 5.74) is 1.85. The van der Waals surface area contributed by atoms with Crippen molar-refractivity contribution >= 4 is 11.3 Å². The summed E-state index contributed by atoms with van der Waals surface area (Å²) in [5, 5.41) is 12.0. The van der Waals surface area contributed by atoms with Gasteiger partial charge in [-0.25, -0.2) is 0 Å². The van der Waals surface area contributed by atoms with Crippen molar-refractivity contribution in [3.05, 3.63) is 18.6 Å². The summed E-state index contributed by atoms with van der Waals surface area (Å²) in [6.45, 7) is 1.94. The van der Waals surface area contributed by atoms with Crippen LogP contribution in [0.3, 0.4) is 0 Å². The van der Waals surface area contributed by atoms with Gasteiger partial charge in [0, 0.05) is 20.1 Å². The zero-order valence-electron chi connectivity index (χ0n) is 9.83. The Hall–Kier alpha value is -1.69. The molecule has 2 aromatic heterocycles. The quantitative estimate of drug-likeness (QED) is 0.732. The molecular weight excluding hydrogens is 204 g/mol. The lowest BCUT2D eigenvalue weighted by Gasteiger charge is -2.21. The largest absolute Gasteiger partial charge is 0.370 e. The average molecular weight is 220 g/mol. The first-order valence-corrected chi connectivity index (χ1v) is 5.19. The molecule has 0 saturated carbocycles. The molecule has 0 aromatic carbocycles. The summed E-state index contributed by atoms with van der Waals surface area (Å²) in [7, 11) is 6.17. The lowest BCUT2D eigenvalue weighted by molar-refractivity contribution is 0.416. The van der Waals surface area contributed by atoms with Crippen LogP contribution in [0.25, 0.3) is 5.65 Å². The third-order valence-corrected chi connectivity index (χ3v) is 2.48. The second-order valence-corrected chi connectivity index (χ2v) is 4.04. The van der Waals surface area contributed by atoms with Gasteiger partial charge in [-0.1, -0.05) is 0 Å². The van der Waals surface area contributed by atoms with E-state index in [0.29, 0.717) is 0 Å². The number of rotatable bonds is 4. The van der Waals surface area contributed by atoms with Crippen LogP contribution in [-0.4, -0.2) is 58.9 Å². The van der Waals surface area contributed by atoms with Gasteiger partial charge in [-0.2, -0.15) is 9.61 Å². The monoisotopic (exact) mass is 220 g/mol. The summed E-state index contributed by atoms with van der Waals surface area (Å²) in [6.07, 6.45) is 3.37. The lowest BCUT2D eigenvalue weighted by Crippen LogP contribution is -2.28. The van der Waals surface area contributed by atoms with Crippen LogP contribution in [0.1, 0.15) is 0 Å². The Morgan fingerprint density at radius 1 is 1.25 bits per heavy atom. The molecule has 0 amide bonds. The third kappa shape index (κ3) is 2.11. The van der Waals surface area contributed by atoms with Crippen molar-refractivity contribution in [3.63, 3.8) is 0 Å². The smallest absolute Gasteiger partial charge is 0.200 e. The molecule has 2 rings (SSSR count). The van der Waals surface area contributed by atoms with Crippen LogP contribution < -0.4 is 4.90 Å². The topological polar surface area (TPSA) is 49.6 Å². The molecule has 0 saturated heterocycles. The average Bonchev–Trinajstić information content (AvgIpc) is 2.73. The minimum Gasteiger partial charge on any atom is -0.370 e. The summed E-state index contributed by atoms with van der Waals surface area (Å²) in [6, 6.07) is 1.96. The zero-order valence-corrected chi connectivity index (χ0v) is 9.83. The Morgan fingerprint density at radius 3 is 2.81 bits per heavy atom. The SMILES string of the molecule is CN(C)CCN(C)c1ccnn2cnnc12. The molecule has 2 aromatic rings. The molecule has 0 aliphatic heterocycles. The number of fused-ring (bicyclic) bond motifs is 1. The zero-order chi connectivity index (χ0) is 11.5. The fraction of sp³-hybridized carbons (Fsp3) is 0.500. The van der Waals surface area contributed by atoms with E-state index in [2.05, 4.69) is 39.2 Å². The van der Waals surface area contributed by atoms with Crippen LogP contribution in [0.2, 0.25) is 0 Å². The van der Waals surface area contributed by atoms with E-state index in [-0.39, 0.29) is 0 Å². The molecule has 2 heterocycles. The fourth-order valence-electron chi connectivity index (χ4n) is 1.50. The second-order valence-electron chi connectivity index (χ2n) is 4.04. The van der Waals surface area contributed by atoms with Gasteiger partial charge < -0.3 is 9.80 Å². The Balaban J connectivity index is 2.22. The normalized spacial score (nSPS) is 11.2. The van der Waals surface area contributed by atoms with Crippen LogP contribution in [0.4, 0.5) is 5.69 Å². The first-order chi connectivity index (χ1) is 7.68. The molecule has 0 aliphatic rings. The molecule has 0 atom stereocenters. The molecule has 86 valence electrons. The Labute approximate surface area is 94.5 Å². The Bertz CT molecular complexity index is 463. The van der Waals surface area contributed by atoms with Crippen molar-refractivity contribution in [2.75, 3.05) is 39.1 Å². The van der Waals surface area contributed by atoms with Crippen LogP contribution in [0.15, 0.2) is 18.6 Å². The number of hydrogen-bond acceptors (Lipinski definition) is 5. The molecule has 0 N–H and O–H groups in total. The van der Waals surface area contributed by atoms with Crippen LogP contribution in [-0.2, 0) is 0 Å². The van der Waals surface area contributed by atoms with Crippen molar-refractivity contribution in [1.82, 2.24) is 24.7 Å². The van der Waals surface area contributed by atoms with E-state index in [1.54, 1.807) is 17.0 Å². The number of nitrogens with zero attached hydrogens (tertiary/aromatic N) is 6. The van der Waals surface area contributed by atoms with Crippen molar-refractivity contribution in [2.24, 2.45) is 0 Å². The van der Waals surface area contributed by atoms with Crippen LogP contribution >= 0.6 is 0 Å². The van der Waals surface area contributed by atoms with E-state index in [4.69, 9.17) is 0 Å². The van der Waals surface area contributed by atoms with Gasteiger partial charge in [0.05, 0.1) is 11.9 Å². The summed E-state index contributed by atoms with van der Waals surface area (Å²) in [4.78, 5) is 4.31. The van der Waals surface area contributed by atoms with Gasteiger partial charge in [0.15, 0.2) is 0 Å². The summed E-state index contributed by atoms with van der Waals surface area (Å²) in [5.74, 6) is 0. The fourth-order valence-corrected chi connectivity index (χ4v) is 1.50. The van der Waals surface area contributed by atoms with Gasteiger partial charge in [0.2, 0.25) is 5.65 Å². The van der Waals surface area contributed by atoms with Gasteiger partial charge in [-0.05, 0) is 20.2 Å². The highest BCUT2D eigenvalue weighted by Crippen LogP contribution is 2.16. The van der Waals surface area contributed by atoms with E-state index in [1.165, 1.54) is 0 Å². The van der Waals surface area contributed by atoms with Gasteiger partial charge in [-0.15, -0.1) is 10.2 Å². The lowest BCUT2D eigenvalue weighted by atomic mass is 10.4. The maximum Gasteiger partial charge on any atom is 0.200 e. The molecule has 6 nitrogen and oxygen atoms in total. The molecular formula is C10H16N6. The van der Waals surface area contributed by atoms with Gasteiger partial charge in [-0.3, -0.25) is 0 Å². The van der Waals surface area contributed by atoms with Gasteiger partial charge in [0.25, 0.3) is 0 Å². The minimum absolute atomic E-state index is 0.795. The van der Waals surface area contributed by atoms with Crippen molar-refractivity contribution in [2.45, 2.75) is 0 Å². The van der Waals surface area contributed by atoms with Crippen molar-refractivity contribution in [1.29, 1.82) is 0 Å². The Kier molecular flexibility index (Phi) is 3.00. The van der Waals surface area contributed by atoms with E-state index >= 15 is 0 Å². The molecule has 6 heteroatoms. The summed E-state index contributed by atoms with van der Waals surface area (Å²) < 4.78 is 1.68. The minimum atomic E-state index is 0.795. The predicted molar refractivity (Wildman–Crippen MR) is 62.6 cm³/mol. The van der Waals surface area contributed by atoms with E-state index < -0.39 is 0 Å². The van der Waals surface area contributed by atoms with Gasteiger partial charge >= 0.3 is 0 Å². The van der Waals surface area contributed by atoms with Gasteiger partial charge in [0.1, 0.15) is 6.33 Å².